The molecule has 0 bridgehead atoms. The van der Waals surface area contributed by atoms with Crippen LogP contribution in [0.25, 0.3) is 0 Å². The molecule has 0 amide bonds. The third-order valence-corrected chi connectivity index (χ3v) is 2.48. The smallest absolute Gasteiger partial charge is 0.0809 e. The Labute approximate surface area is 87.2 Å². The summed E-state index contributed by atoms with van der Waals surface area (Å²) in [5.41, 5.74) is -0.0814. The third kappa shape index (κ3) is 4.40. The Morgan fingerprint density at radius 1 is 1.50 bits per heavy atom. The van der Waals surface area contributed by atoms with Crippen molar-refractivity contribution < 1.29 is 9.47 Å². The molecule has 0 radical (unpaired) electrons. The summed E-state index contributed by atoms with van der Waals surface area (Å²) in [4.78, 5) is 0. The van der Waals surface area contributed by atoms with E-state index in [9.17, 15) is 0 Å². The molecule has 84 valence electrons. The highest BCUT2D eigenvalue weighted by Gasteiger charge is 2.22. The topological polar surface area (TPSA) is 30.5 Å². The Kier molecular flexibility index (Phi) is 4.85. The fourth-order valence-corrected chi connectivity index (χ4v) is 1.57. The van der Waals surface area contributed by atoms with Gasteiger partial charge in [0, 0.05) is 13.2 Å². The summed E-state index contributed by atoms with van der Waals surface area (Å²) in [6.45, 7) is 9.87. The van der Waals surface area contributed by atoms with Crippen LogP contribution in [0.1, 0.15) is 33.6 Å². The fourth-order valence-electron chi connectivity index (χ4n) is 1.57. The first-order valence-electron chi connectivity index (χ1n) is 5.60. The van der Waals surface area contributed by atoms with E-state index in [0.29, 0.717) is 6.10 Å². The monoisotopic (exact) mass is 201 g/mol. The summed E-state index contributed by atoms with van der Waals surface area (Å²) in [5, 5.41) is 3.30. The SMILES string of the molecule is CCNCC(C)(C)OCC1CCCO1. The fraction of sp³-hybridized carbons (Fsp3) is 1.00. The molecular formula is C11H23NO2. The molecule has 1 atom stereocenters. The molecule has 14 heavy (non-hydrogen) atoms. The predicted octanol–water partition coefficient (Wildman–Crippen LogP) is 1.57. The van der Waals surface area contributed by atoms with Crippen molar-refractivity contribution in [3.05, 3.63) is 0 Å². The predicted molar refractivity (Wildman–Crippen MR) is 57.5 cm³/mol. The zero-order valence-electron chi connectivity index (χ0n) is 9.64. The van der Waals surface area contributed by atoms with Gasteiger partial charge in [-0.3, -0.25) is 0 Å². The summed E-state index contributed by atoms with van der Waals surface area (Å²) in [5.74, 6) is 0. The van der Waals surface area contributed by atoms with Crippen molar-refractivity contribution in [2.24, 2.45) is 0 Å². The molecule has 1 aliphatic rings. The van der Waals surface area contributed by atoms with Crippen LogP contribution < -0.4 is 5.32 Å². The van der Waals surface area contributed by atoms with Crippen molar-refractivity contribution in [3.63, 3.8) is 0 Å². The lowest BCUT2D eigenvalue weighted by Crippen LogP contribution is -2.39. The Morgan fingerprint density at radius 2 is 2.29 bits per heavy atom. The van der Waals surface area contributed by atoms with Crippen LogP contribution >= 0.6 is 0 Å². The van der Waals surface area contributed by atoms with Crippen LogP contribution in [-0.4, -0.2) is 38.0 Å². The minimum Gasteiger partial charge on any atom is -0.376 e. The van der Waals surface area contributed by atoms with Gasteiger partial charge in [0.25, 0.3) is 0 Å². The molecular weight excluding hydrogens is 178 g/mol. The largest absolute Gasteiger partial charge is 0.376 e. The van der Waals surface area contributed by atoms with Crippen molar-refractivity contribution >= 4 is 0 Å². The second-order valence-electron chi connectivity index (χ2n) is 4.49. The molecule has 0 spiro atoms. The lowest BCUT2D eigenvalue weighted by molar-refractivity contribution is -0.0632. The van der Waals surface area contributed by atoms with Crippen molar-refractivity contribution in [1.29, 1.82) is 0 Å². The van der Waals surface area contributed by atoms with E-state index in [1.165, 1.54) is 6.42 Å². The molecule has 0 aromatic carbocycles. The summed E-state index contributed by atoms with van der Waals surface area (Å²) in [6.07, 6.45) is 2.66. The molecule has 0 aromatic rings. The molecule has 1 saturated heterocycles. The number of hydrogen-bond donors (Lipinski definition) is 1. The Bertz CT molecular complexity index is 153. The molecule has 1 aliphatic heterocycles. The lowest BCUT2D eigenvalue weighted by atomic mass is 10.1. The van der Waals surface area contributed by atoms with Crippen molar-refractivity contribution in [1.82, 2.24) is 5.32 Å². The van der Waals surface area contributed by atoms with Gasteiger partial charge in [-0.25, -0.2) is 0 Å². The summed E-state index contributed by atoms with van der Waals surface area (Å²) in [7, 11) is 0. The molecule has 0 aliphatic carbocycles. The Morgan fingerprint density at radius 3 is 2.86 bits per heavy atom. The van der Waals surface area contributed by atoms with Gasteiger partial charge in [0.1, 0.15) is 0 Å². The highest BCUT2D eigenvalue weighted by Crippen LogP contribution is 2.15. The van der Waals surface area contributed by atoms with E-state index in [2.05, 4.69) is 26.1 Å². The van der Waals surface area contributed by atoms with Gasteiger partial charge < -0.3 is 14.8 Å². The zero-order chi connectivity index (χ0) is 10.4. The minimum absolute atomic E-state index is 0.0814. The molecule has 1 heterocycles. The van der Waals surface area contributed by atoms with E-state index in [4.69, 9.17) is 9.47 Å². The average Bonchev–Trinajstić information content (AvgIpc) is 2.64. The van der Waals surface area contributed by atoms with Gasteiger partial charge in [-0.05, 0) is 33.2 Å². The van der Waals surface area contributed by atoms with Crippen LogP contribution in [-0.2, 0) is 9.47 Å². The summed E-state index contributed by atoms with van der Waals surface area (Å²) >= 11 is 0. The van der Waals surface area contributed by atoms with Crippen molar-refractivity contribution in [2.75, 3.05) is 26.3 Å². The Hall–Kier alpha value is -0.120. The quantitative estimate of drug-likeness (QED) is 0.707. The molecule has 1 fully saturated rings. The van der Waals surface area contributed by atoms with Crippen LogP contribution in [0.15, 0.2) is 0 Å². The first-order valence-corrected chi connectivity index (χ1v) is 5.60. The van der Waals surface area contributed by atoms with Crippen LogP contribution in [0, 0.1) is 0 Å². The van der Waals surface area contributed by atoms with Crippen molar-refractivity contribution in [2.45, 2.75) is 45.3 Å². The maximum Gasteiger partial charge on any atom is 0.0809 e. The molecule has 0 saturated carbocycles. The number of likely N-dealkylation sites (N-methyl/N-ethyl adjacent to an activating group) is 1. The second kappa shape index (κ2) is 5.69. The van der Waals surface area contributed by atoms with Gasteiger partial charge in [0.15, 0.2) is 0 Å². The molecule has 3 nitrogen and oxygen atoms in total. The second-order valence-corrected chi connectivity index (χ2v) is 4.49. The molecule has 0 aromatic heterocycles. The summed E-state index contributed by atoms with van der Waals surface area (Å²) < 4.78 is 11.3. The summed E-state index contributed by atoms with van der Waals surface area (Å²) in [6, 6.07) is 0. The van der Waals surface area contributed by atoms with Gasteiger partial charge in [-0.15, -0.1) is 0 Å². The Balaban J connectivity index is 2.14. The minimum atomic E-state index is -0.0814. The zero-order valence-corrected chi connectivity index (χ0v) is 9.64. The van der Waals surface area contributed by atoms with E-state index in [1.54, 1.807) is 0 Å². The van der Waals surface area contributed by atoms with Crippen LogP contribution in [0.5, 0.6) is 0 Å². The van der Waals surface area contributed by atoms with Crippen LogP contribution in [0.4, 0.5) is 0 Å². The van der Waals surface area contributed by atoms with Crippen LogP contribution in [0.2, 0.25) is 0 Å². The van der Waals surface area contributed by atoms with E-state index in [1.807, 2.05) is 0 Å². The maximum atomic E-state index is 5.83. The molecule has 3 heteroatoms. The third-order valence-electron chi connectivity index (χ3n) is 2.48. The first-order chi connectivity index (χ1) is 6.64. The van der Waals surface area contributed by atoms with Gasteiger partial charge >= 0.3 is 0 Å². The van der Waals surface area contributed by atoms with Crippen LogP contribution in [0.3, 0.4) is 0 Å². The van der Waals surface area contributed by atoms with Gasteiger partial charge in [-0.2, -0.15) is 0 Å². The molecule has 1 N–H and O–H groups in total. The maximum absolute atomic E-state index is 5.83. The normalized spacial score (nSPS) is 22.9. The number of rotatable bonds is 6. The van der Waals surface area contributed by atoms with Gasteiger partial charge in [0.05, 0.1) is 18.3 Å². The van der Waals surface area contributed by atoms with E-state index < -0.39 is 0 Å². The standard InChI is InChI=1S/C11H23NO2/c1-4-12-9-11(2,3)14-8-10-6-5-7-13-10/h10,12H,4-9H2,1-3H3. The number of hydrogen-bond acceptors (Lipinski definition) is 3. The van der Waals surface area contributed by atoms with E-state index in [0.717, 1.165) is 32.7 Å². The molecule has 1 unspecified atom stereocenters. The van der Waals surface area contributed by atoms with E-state index in [-0.39, 0.29) is 5.60 Å². The lowest BCUT2D eigenvalue weighted by Gasteiger charge is -2.27. The number of ether oxygens (including phenoxy) is 2. The highest BCUT2D eigenvalue weighted by molar-refractivity contribution is 4.73. The van der Waals surface area contributed by atoms with E-state index >= 15 is 0 Å². The molecule has 1 rings (SSSR count). The highest BCUT2D eigenvalue weighted by atomic mass is 16.5. The van der Waals surface area contributed by atoms with Crippen molar-refractivity contribution in [3.8, 4) is 0 Å². The first kappa shape index (κ1) is 12.0. The average molecular weight is 201 g/mol. The van der Waals surface area contributed by atoms with Gasteiger partial charge in [0.2, 0.25) is 0 Å². The van der Waals surface area contributed by atoms with Gasteiger partial charge in [-0.1, -0.05) is 6.92 Å². The number of nitrogens with one attached hydrogen (secondary N) is 1.